The zero-order valence-electron chi connectivity index (χ0n) is 18.9. The molecule has 0 radical (unpaired) electrons. The van der Waals surface area contributed by atoms with E-state index in [9.17, 15) is 9.59 Å². The van der Waals surface area contributed by atoms with Crippen molar-refractivity contribution >= 4 is 40.9 Å². The summed E-state index contributed by atoms with van der Waals surface area (Å²) in [6.07, 6.45) is -0.402. The van der Waals surface area contributed by atoms with Crippen LogP contribution in [0.4, 0.5) is 5.69 Å². The van der Waals surface area contributed by atoms with Gasteiger partial charge in [-0.15, -0.1) is 10.2 Å². The third-order valence-corrected chi connectivity index (χ3v) is 6.13. The van der Waals surface area contributed by atoms with Crippen LogP contribution < -0.4 is 14.4 Å². The van der Waals surface area contributed by atoms with Gasteiger partial charge in [-0.1, -0.05) is 62.3 Å². The molecule has 10 heteroatoms. The van der Waals surface area contributed by atoms with E-state index < -0.39 is 12.2 Å². The molecule has 8 nitrogen and oxygen atoms in total. The lowest BCUT2D eigenvalue weighted by atomic mass is 10.1. The first-order valence-electron chi connectivity index (χ1n) is 10.9. The van der Waals surface area contributed by atoms with Gasteiger partial charge in [-0.25, -0.2) is 0 Å². The first kappa shape index (κ1) is 24.0. The molecule has 1 amide bonds. The number of benzene rings is 2. The average Bonchev–Trinajstić information content (AvgIpc) is 2.99. The number of halogens is 1. The van der Waals surface area contributed by atoms with Crippen molar-refractivity contribution in [1.82, 2.24) is 15.2 Å². The first-order valence-corrected chi connectivity index (χ1v) is 12.3. The highest BCUT2D eigenvalue weighted by atomic mass is 35.5. The van der Waals surface area contributed by atoms with E-state index >= 15 is 0 Å². The van der Waals surface area contributed by atoms with Crippen LogP contribution in [0.5, 0.6) is 11.6 Å². The van der Waals surface area contributed by atoms with Gasteiger partial charge in [0.05, 0.1) is 10.7 Å². The molecular formula is C24H23ClN4O4S. The number of hydrogen-bond acceptors (Lipinski definition) is 8. The fourth-order valence-corrected chi connectivity index (χ4v) is 4.24. The number of ether oxygens (including phenoxy) is 2. The summed E-state index contributed by atoms with van der Waals surface area (Å²) in [6, 6.07) is 12.3. The van der Waals surface area contributed by atoms with Crippen LogP contribution in [0, 0.1) is 0 Å². The van der Waals surface area contributed by atoms with Crippen LogP contribution in [0.15, 0.2) is 47.6 Å². The Kier molecular flexibility index (Phi) is 7.33. The lowest BCUT2D eigenvalue weighted by molar-refractivity contribution is -0.134. The van der Waals surface area contributed by atoms with Crippen molar-refractivity contribution in [2.45, 2.75) is 45.0 Å². The lowest BCUT2D eigenvalue weighted by Crippen LogP contribution is -2.37. The molecule has 1 aliphatic rings. The zero-order valence-corrected chi connectivity index (χ0v) is 20.5. The largest absolute Gasteiger partial charge is 0.447 e. The van der Waals surface area contributed by atoms with Crippen LogP contribution in [0.2, 0.25) is 5.02 Å². The van der Waals surface area contributed by atoms with E-state index in [0.29, 0.717) is 27.7 Å². The van der Waals surface area contributed by atoms with Crippen molar-refractivity contribution in [3.63, 3.8) is 0 Å². The van der Waals surface area contributed by atoms with Crippen molar-refractivity contribution < 1.29 is 19.1 Å². The third kappa shape index (κ3) is 4.71. The zero-order chi connectivity index (χ0) is 24.2. The van der Waals surface area contributed by atoms with Gasteiger partial charge in [0.2, 0.25) is 23.2 Å². The maximum atomic E-state index is 13.2. The molecule has 0 N–H and O–H groups in total. The molecule has 1 aromatic heterocycles. The molecule has 0 bridgehead atoms. The minimum atomic E-state index is -0.876. The number of esters is 1. The van der Waals surface area contributed by atoms with Gasteiger partial charge in [0.25, 0.3) is 0 Å². The molecule has 0 saturated carbocycles. The average molecular weight is 499 g/mol. The first-order chi connectivity index (χ1) is 16.5. The molecule has 3 aromatic rings. The van der Waals surface area contributed by atoms with Crippen molar-refractivity contribution in [3.05, 3.63) is 53.1 Å². The second-order valence-corrected chi connectivity index (χ2v) is 8.94. The van der Waals surface area contributed by atoms with Crippen molar-refractivity contribution in [1.29, 1.82) is 0 Å². The smallest absolute Gasteiger partial charge is 0.310 e. The van der Waals surface area contributed by atoms with Crippen LogP contribution in [-0.2, 0) is 9.59 Å². The van der Waals surface area contributed by atoms with Crippen LogP contribution in [-0.4, -0.2) is 32.8 Å². The lowest BCUT2D eigenvalue weighted by Gasteiger charge is -2.30. The Bertz CT molecular complexity index is 1240. The van der Waals surface area contributed by atoms with Crippen LogP contribution in [0.25, 0.3) is 11.3 Å². The molecular weight excluding hydrogens is 476 g/mol. The van der Waals surface area contributed by atoms with E-state index in [4.69, 9.17) is 21.1 Å². The van der Waals surface area contributed by atoms with Gasteiger partial charge in [0, 0.05) is 24.0 Å². The van der Waals surface area contributed by atoms with E-state index in [1.807, 2.05) is 31.2 Å². The van der Waals surface area contributed by atoms with Crippen molar-refractivity contribution in [2.24, 2.45) is 0 Å². The second kappa shape index (κ2) is 10.4. The van der Waals surface area contributed by atoms with Crippen molar-refractivity contribution in [2.75, 3.05) is 10.7 Å². The molecule has 0 unspecified atom stereocenters. The highest BCUT2D eigenvalue weighted by Crippen LogP contribution is 2.44. The normalized spacial score (nSPS) is 14.5. The number of aromatic nitrogens is 3. The highest BCUT2D eigenvalue weighted by Gasteiger charge is 2.35. The van der Waals surface area contributed by atoms with Gasteiger partial charge in [0.15, 0.2) is 5.69 Å². The van der Waals surface area contributed by atoms with E-state index in [1.165, 1.54) is 11.8 Å². The maximum absolute atomic E-state index is 13.2. The number of thioether (sulfide) groups is 1. The Morgan fingerprint density at radius 2 is 1.91 bits per heavy atom. The molecule has 2 heterocycles. The summed E-state index contributed by atoms with van der Waals surface area (Å²) in [7, 11) is 0. The summed E-state index contributed by atoms with van der Waals surface area (Å²) in [5.41, 5.74) is 2.36. The Morgan fingerprint density at radius 1 is 1.12 bits per heavy atom. The summed E-state index contributed by atoms with van der Waals surface area (Å²) in [6.45, 7) is 5.48. The van der Waals surface area contributed by atoms with Crippen LogP contribution in [0.1, 0.15) is 45.4 Å². The van der Waals surface area contributed by atoms with E-state index in [-0.39, 0.29) is 35.4 Å². The number of anilines is 1. The predicted molar refractivity (Wildman–Crippen MR) is 130 cm³/mol. The third-order valence-electron chi connectivity index (χ3n) is 5.11. The molecule has 2 aromatic carbocycles. The van der Waals surface area contributed by atoms with Gasteiger partial charge >= 0.3 is 5.97 Å². The molecule has 0 aliphatic carbocycles. The fourth-order valence-electron chi connectivity index (χ4n) is 3.51. The topological polar surface area (TPSA) is 94.5 Å². The Labute approximate surface area is 206 Å². The molecule has 1 aliphatic heterocycles. The van der Waals surface area contributed by atoms with Gasteiger partial charge in [-0.2, -0.15) is 4.98 Å². The summed E-state index contributed by atoms with van der Waals surface area (Å²) in [5.74, 6) is 0.737. The number of para-hydroxylation sites is 1. The van der Waals surface area contributed by atoms with E-state index in [1.54, 1.807) is 36.9 Å². The second-order valence-electron chi connectivity index (χ2n) is 7.30. The standard InChI is InChI=1S/C24H23ClN4O4S/c1-4-19(30)29-17-10-8-7-9-15(17)21-22(26-24(28-27-21)34-6-3)33-23(29)14-11-12-18(16(25)13-14)32-20(31)5-2/h7-13,23H,4-6H2,1-3H3/t23-/m0/s1. The number of fused-ring (bicyclic) bond motifs is 3. The molecule has 0 saturated heterocycles. The van der Waals surface area contributed by atoms with Crippen LogP contribution in [0.3, 0.4) is 0 Å². The predicted octanol–water partition coefficient (Wildman–Crippen LogP) is 5.45. The minimum Gasteiger partial charge on any atom is -0.447 e. The monoisotopic (exact) mass is 498 g/mol. The number of nitrogens with zero attached hydrogens (tertiary/aromatic N) is 4. The summed E-state index contributed by atoms with van der Waals surface area (Å²) in [4.78, 5) is 31.1. The Balaban J connectivity index is 1.87. The number of carbonyl (C=O) groups excluding carboxylic acids is 2. The fraction of sp³-hybridized carbons (Fsp3) is 0.292. The molecule has 1 atom stereocenters. The molecule has 176 valence electrons. The minimum absolute atomic E-state index is 0.154. The maximum Gasteiger partial charge on any atom is 0.310 e. The van der Waals surface area contributed by atoms with E-state index in [2.05, 4.69) is 15.2 Å². The number of rotatable bonds is 6. The summed E-state index contributed by atoms with van der Waals surface area (Å²) >= 11 is 7.88. The number of carbonyl (C=O) groups is 2. The van der Waals surface area contributed by atoms with E-state index in [0.717, 1.165) is 5.75 Å². The quantitative estimate of drug-likeness (QED) is 0.251. The number of amides is 1. The summed E-state index contributed by atoms with van der Waals surface area (Å²) in [5, 5.41) is 9.31. The molecule has 0 spiro atoms. The highest BCUT2D eigenvalue weighted by molar-refractivity contribution is 7.99. The summed E-state index contributed by atoms with van der Waals surface area (Å²) < 4.78 is 11.6. The molecule has 34 heavy (non-hydrogen) atoms. The SMILES string of the molecule is CCSc1nnc2c(n1)O[C@@H](c1ccc(OC(=O)CC)c(Cl)c1)N(C(=O)CC)c1ccccc1-2. The van der Waals surface area contributed by atoms with Gasteiger partial charge in [-0.05, 0) is 30.0 Å². The number of hydrogen-bond donors (Lipinski definition) is 0. The Morgan fingerprint density at radius 3 is 2.62 bits per heavy atom. The Hall–Kier alpha value is -3.17. The van der Waals surface area contributed by atoms with Gasteiger partial charge in [0.1, 0.15) is 5.75 Å². The van der Waals surface area contributed by atoms with Gasteiger partial charge in [-0.3, -0.25) is 14.5 Å². The molecule has 0 fully saturated rings. The molecule has 4 rings (SSSR count). The van der Waals surface area contributed by atoms with Crippen LogP contribution >= 0.6 is 23.4 Å². The van der Waals surface area contributed by atoms with Gasteiger partial charge < -0.3 is 9.47 Å². The van der Waals surface area contributed by atoms with Crippen molar-refractivity contribution in [3.8, 4) is 22.9 Å².